The number of nitrogens with two attached hydrogens (primary N) is 1. The van der Waals surface area contributed by atoms with E-state index in [2.05, 4.69) is 4.98 Å². The van der Waals surface area contributed by atoms with Crippen molar-refractivity contribution in [1.82, 2.24) is 4.98 Å². The SMILES string of the molecule is CC(C)c1cc(C(F)F)c(CN)cn1. The van der Waals surface area contributed by atoms with E-state index in [0.717, 1.165) is 0 Å². The first kappa shape index (κ1) is 11.0. The second-order valence-corrected chi connectivity index (χ2v) is 3.47. The molecule has 0 aliphatic carbocycles. The third kappa shape index (κ3) is 2.26. The van der Waals surface area contributed by atoms with Gasteiger partial charge in [0.05, 0.1) is 0 Å². The van der Waals surface area contributed by atoms with Gasteiger partial charge in [0, 0.05) is 24.0 Å². The number of pyridine rings is 1. The minimum absolute atomic E-state index is 0.00574. The van der Waals surface area contributed by atoms with Crippen LogP contribution in [-0.2, 0) is 6.54 Å². The lowest BCUT2D eigenvalue weighted by molar-refractivity contribution is 0.150. The zero-order chi connectivity index (χ0) is 10.7. The number of nitrogens with zero attached hydrogens (tertiary/aromatic N) is 1. The predicted molar refractivity (Wildman–Crippen MR) is 51.2 cm³/mol. The summed E-state index contributed by atoms with van der Waals surface area (Å²) in [6, 6.07) is 1.44. The van der Waals surface area contributed by atoms with Crippen molar-refractivity contribution < 1.29 is 8.78 Å². The summed E-state index contributed by atoms with van der Waals surface area (Å²) in [4.78, 5) is 4.08. The van der Waals surface area contributed by atoms with Crippen LogP contribution < -0.4 is 5.73 Å². The van der Waals surface area contributed by atoms with Crippen molar-refractivity contribution in [2.45, 2.75) is 32.7 Å². The van der Waals surface area contributed by atoms with E-state index >= 15 is 0 Å². The van der Waals surface area contributed by atoms with Crippen molar-refractivity contribution >= 4 is 0 Å². The Hall–Kier alpha value is -1.03. The van der Waals surface area contributed by atoms with Gasteiger partial charge in [0.1, 0.15) is 0 Å². The van der Waals surface area contributed by atoms with Crippen LogP contribution in [0.25, 0.3) is 0 Å². The van der Waals surface area contributed by atoms with Crippen LogP contribution in [0.2, 0.25) is 0 Å². The molecule has 1 rings (SSSR count). The van der Waals surface area contributed by atoms with Crippen molar-refractivity contribution in [2.24, 2.45) is 5.73 Å². The molecule has 0 amide bonds. The zero-order valence-electron chi connectivity index (χ0n) is 8.30. The number of halogens is 2. The van der Waals surface area contributed by atoms with E-state index in [-0.39, 0.29) is 18.0 Å². The molecule has 0 unspecified atom stereocenters. The summed E-state index contributed by atoms with van der Waals surface area (Å²) in [5.41, 5.74) is 6.45. The fraction of sp³-hybridized carbons (Fsp3) is 0.500. The van der Waals surface area contributed by atoms with Crippen molar-refractivity contribution in [3.8, 4) is 0 Å². The van der Waals surface area contributed by atoms with Crippen LogP contribution in [0.3, 0.4) is 0 Å². The summed E-state index contributed by atoms with van der Waals surface area (Å²) in [6.07, 6.45) is -1.04. The molecule has 4 heteroatoms. The largest absolute Gasteiger partial charge is 0.326 e. The van der Waals surface area contributed by atoms with Crippen LogP contribution in [0.4, 0.5) is 8.78 Å². The Kier molecular flexibility index (Phi) is 3.52. The fourth-order valence-electron chi connectivity index (χ4n) is 1.21. The molecule has 78 valence electrons. The Morgan fingerprint density at radius 2 is 2.07 bits per heavy atom. The Labute approximate surface area is 82.1 Å². The molecule has 14 heavy (non-hydrogen) atoms. The minimum atomic E-state index is -2.48. The van der Waals surface area contributed by atoms with Gasteiger partial charge in [-0.05, 0) is 17.5 Å². The molecule has 2 nitrogen and oxygen atoms in total. The minimum Gasteiger partial charge on any atom is -0.326 e. The summed E-state index contributed by atoms with van der Waals surface area (Å²) in [6.45, 7) is 3.93. The van der Waals surface area contributed by atoms with E-state index < -0.39 is 6.43 Å². The normalized spacial score (nSPS) is 11.4. The molecule has 1 aromatic rings. The van der Waals surface area contributed by atoms with E-state index in [0.29, 0.717) is 11.3 Å². The molecule has 0 saturated carbocycles. The van der Waals surface area contributed by atoms with Crippen LogP contribution in [0.15, 0.2) is 12.3 Å². The third-order valence-electron chi connectivity index (χ3n) is 2.09. The van der Waals surface area contributed by atoms with Gasteiger partial charge in [0.15, 0.2) is 0 Å². The first-order chi connectivity index (χ1) is 6.56. The van der Waals surface area contributed by atoms with Crippen LogP contribution in [0.5, 0.6) is 0 Å². The summed E-state index contributed by atoms with van der Waals surface area (Å²) in [7, 11) is 0. The van der Waals surface area contributed by atoms with E-state index in [1.54, 1.807) is 0 Å². The summed E-state index contributed by atoms with van der Waals surface area (Å²) >= 11 is 0. The molecule has 0 radical (unpaired) electrons. The Bertz CT molecular complexity index is 311. The zero-order valence-corrected chi connectivity index (χ0v) is 8.30. The maximum atomic E-state index is 12.6. The smallest absolute Gasteiger partial charge is 0.264 e. The lowest BCUT2D eigenvalue weighted by Gasteiger charge is -2.10. The van der Waals surface area contributed by atoms with E-state index in [9.17, 15) is 8.78 Å². The molecule has 0 fully saturated rings. The summed E-state index contributed by atoms with van der Waals surface area (Å²) in [5, 5.41) is 0. The molecular formula is C10H14F2N2. The van der Waals surface area contributed by atoms with Gasteiger partial charge in [-0.3, -0.25) is 4.98 Å². The van der Waals surface area contributed by atoms with Crippen LogP contribution >= 0.6 is 0 Å². The van der Waals surface area contributed by atoms with Gasteiger partial charge in [-0.1, -0.05) is 13.8 Å². The molecule has 2 N–H and O–H groups in total. The number of hydrogen-bond donors (Lipinski definition) is 1. The van der Waals surface area contributed by atoms with Gasteiger partial charge in [0.2, 0.25) is 0 Å². The molecule has 0 aliphatic heterocycles. The molecule has 0 spiro atoms. The van der Waals surface area contributed by atoms with Crippen molar-refractivity contribution in [3.05, 3.63) is 29.1 Å². The average molecular weight is 200 g/mol. The second-order valence-electron chi connectivity index (χ2n) is 3.47. The topological polar surface area (TPSA) is 38.9 Å². The van der Waals surface area contributed by atoms with E-state index in [1.165, 1.54) is 12.3 Å². The highest BCUT2D eigenvalue weighted by atomic mass is 19.3. The summed E-state index contributed by atoms with van der Waals surface area (Å²) in [5.74, 6) is 0.152. The van der Waals surface area contributed by atoms with E-state index in [4.69, 9.17) is 5.73 Å². The lowest BCUT2D eigenvalue weighted by atomic mass is 10.0. The van der Waals surface area contributed by atoms with Gasteiger partial charge in [-0.2, -0.15) is 0 Å². The Morgan fingerprint density at radius 3 is 2.50 bits per heavy atom. The third-order valence-corrected chi connectivity index (χ3v) is 2.09. The van der Waals surface area contributed by atoms with Crippen LogP contribution in [0.1, 0.15) is 43.0 Å². The lowest BCUT2D eigenvalue weighted by Crippen LogP contribution is -2.05. The van der Waals surface area contributed by atoms with Gasteiger partial charge in [-0.25, -0.2) is 8.78 Å². The standard InChI is InChI=1S/C10H14F2N2/c1-6(2)9-3-8(10(11)12)7(4-13)5-14-9/h3,5-6,10H,4,13H2,1-2H3. The van der Waals surface area contributed by atoms with E-state index in [1.807, 2.05) is 13.8 Å². The molecule has 0 saturated heterocycles. The van der Waals surface area contributed by atoms with Gasteiger partial charge < -0.3 is 5.73 Å². The molecule has 1 aromatic heterocycles. The van der Waals surface area contributed by atoms with Gasteiger partial charge in [-0.15, -0.1) is 0 Å². The number of hydrogen-bond acceptors (Lipinski definition) is 2. The monoisotopic (exact) mass is 200 g/mol. The van der Waals surface area contributed by atoms with Gasteiger partial charge >= 0.3 is 0 Å². The summed E-state index contributed by atoms with van der Waals surface area (Å²) < 4.78 is 25.1. The number of alkyl halides is 2. The van der Waals surface area contributed by atoms with Crippen molar-refractivity contribution in [2.75, 3.05) is 0 Å². The molecule has 0 bridgehead atoms. The maximum absolute atomic E-state index is 12.6. The van der Waals surface area contributed by atoms with Crippen molar-refractivity contribution in [1.29, 1.82) is 0 Å². The van der Waals surface area contributed by atoms with Gasteiger partial charge in [0.25, 0.3) is 6.43 Å². The second kappa shape index (κ2) is 4.46. The first-order valence-electron chi connectivity index (χ1n) is 4.53. The average Bonchev–Trinajstić information content (AvgIpc) is 2.16. The first-order valence-corrected chi connectivity index (χ1v) is 4.53. The Morgan fingerprint density at radius 1 is 1.43 bits per heavy atom. The highest BCUT2D eigenvalue weighted by Gasteiger charge is 2.14. The van der Waals surface area contributed by atoms with Crippen molar-refractivity contribution in [3.63, 3.8) is 0 Å². The highest BCUT2D eigenvalue weighted by molar-refractivity contribution is 5.28. The highest BCUT2D eigenvalue weighted by Crippen LogP contribution is 2.25. The quantitative estimate of drug-likeness (QED) is 0.814. The molecule has 1 heterocycles. The number of rotatable bonds is 3. The Balaban J connectivity index is 3.14. The van der Waals surface area contributed by atoms with Crippen LogP contribution in [-0.4, -0.2) is 4.98 Å². The van der Waals surface area contributed by atoms with Crippen LogP contribution in [0, 0.1) is 0 Å². The molecule has 0 aromatic carbocycles. The molecular weight excluding hydrogens is 186 g/mol. The predicted octanol–water partition coefficient (Wildman–Crippen LogP) is 2.60. The maximum Gasteiger partial charge on any atom is 0.264 e. The molecule has 0 aliphatic rings. The fourth-order valence-corrected chi connectivity index (χ4v) is 1.21. The molecule has 0 atom stereocenters. The number of aromatic nitrogens is 1.